The van der Waals surface area contributed by atoms with Gasteiger partial charge >= 0.3 is 0 Å². The van der Waals surface area contributed by atoms with E-state index in [9.17, 15) is 14.7 Å². The zero-order valence-electron chi connectivity index (χ0n) is 30.3. The van der Waals surface area contributed by atoms with Crippen molar-refractivity contribution < 1.29 is 28.3 Å². The highest BCUT2D eigenvalue weighted by molar-refractivity contribution is 6.37. The van der Waals surface area contributed by atoms with Crippen molar-refractivity contribution >= 4 is 51.6 Å². The standard InChI is InChI=1S/C41H36Cl2N6O6/c1-5-40(52,6-2)38(51)45-24-16-18-13-14-25-22(15-18)41-21-11-7-10-20(29(21)48-39(41)53-25)19-9-8-12-23-26(19)27(33(42)44-23)31-34(43)49-37(54-31)30-32(41)55-36(47-30)28(17(3)4)46-35(24)50/h7-15,17,24,28,39,44,48,52H,5-6,16H2,1-4H3,(H,45,51)(H,46,50)/t24-,28-,39?,41?/m0/s1. The molecule has 7 heterocycles. The van der Waals surface area contributed by atoms with E-state index in [0.717, 1.165) is 44.4 Å². The van der Waals surface area contributed by atoms with E-state index in [1.807, 2.05) is 62.4 Å². The van der Waals surface area contributed by atoms with Gasteiger partial charge in [-0.3, -0.25) is 9.59 Å². The number of benzene rings is 3. The summed E-state index contributed by atoms with van der Waals surface area (Å²) in [5, 5.41) is 22.1. The zero-order chi connectivity index (χ0) is 38.1. The van der Waals surface area contributed by atoms with Crippen LogP contribution >= 0.6 is 23.2 Å². The molecule has 3 aromatic heterocycles. The predicted molar refractivity (Wildman–Crippen MR) is 206 cm³/mol. The molecule has 280 valence electrons. The van der Waals surface area contributed by atoms with Crippen molar-refractivity contribution in [2.24, 2.45) is 5.92 Å². The van der Waals surface area contributed by atoms with Crippen molar-refractivity contribution in [3.63, 3.8) is 0 Å². The number of carbonyl (C=O) groups is 2. The average molecular weight is 780 g/mol. The Balaban J connectivity index is 1.29. The van der Waals surface area contributed by atoms with Crippen LogP contribution in [0.25, 0.3) is 44.9 Å². The van der Waals surface area contributed by atoms with Gasteiger partial charge in [0.15, 0.2) is 28.6 Å². The largest absolute Gasteiger partial charge is 0.469 e. The van der Waals surface area contributed by atoms with Crippen LogP contribution in [-0.2, 0) is 21.4 Å². The summed E-state index contributed by atoms with van der Waals surface area (Å²) in [5.74, 6) is 0.283. The molecule has 2 unspecified atom stereocenters. The van der Waals surface area contributed by atoms with Crippen LogP contribution in [0.4, 0.5) is 5.69 Å². The molecular formula is C41H36Cl2N6O6. The van der Waals surface area contributed by atoms with E-state index < -0.39 is 41.1 Å². The van der Waals surface area contributed by atoms with E-state index >= 15 is 0 Å². The molecular weight excluding hydrogens is 743 g/mol. The minimum atomic E-state index is -1.64. The summed E-state index contributed by atoms with van der Waals surface area (Å²) in [5.41, 5.74) is 3.86. The number of rotatable bonds is 5. The van der Waals surface area contributed by atoms with Gasteiger partial charge in [0.25, 0.3) is 11.8 Å². The van der Waals surface area contributed by atoms with Gasteiger partial charge in [-0.2, -0.15) is 4.98 Å². The second kappa shape index (κ2) is 11.8. The number of hydrogen-bond acceptors (Lipinski definition) is 9. The second-order valence-electron chi connectivity index (χ2n) is 15.1. The van der Waals surface area contributed by atoms with Crippen molar-refractivity contribution in [1.82, 2.24) is 25.6 Å². The quantitative estimate of drug-likeness (QED) is 0.118. The van der Waals surface area contributed by atoms with Gasteiger partial charge in [-0.05, 0) is 42.0 Å². The SMILES string of the molecule is CCC(O)(CC)C(=O)N[C@H]1Cc2ccc3c(c2)C24c5cccc(c5NC2O3)-c2cccc3[nH]c(Cl)c(c23)-c2oc(nc2Cl)-c2nc(oc24)[C@H](C(C)C)NC1=O. The molecule has 0 saturated heterocycles. The maximum absolute atomic E-state index is 14.3. The van der Waals surface area contributed by atoms with Crippen LogP contribution < -0.4 is 20.7 Å². The molecule has 5 N–H and O–H groups in total. The van der Waals surface area contributed by atoms with E-state index in [4.69, 9.17) is 46.7 Å². The summed E-state index contributed by atoms with van der Waals surface area (Å²) >= 11 is 13.9. The third kappa shape index (κ3) is 4.62. The van der Waals surface area contributed by atoms with Gasteiger partial charge in [-0.15, -0.1) is 0 Å². The van der Waals surface area contributed by atoms with Crippen LogP contribution in [0, 0.1) is 5.92 Å². The van der Waals surface area contributed by atoms with E-state index in [0.29, 0.717) is 22.2 Å². The number of ether oxygens (including phenoxy) is 1. The molecule has 0 fully saturated rings. The first-order chi connectivity index (χ1) is 26.5. The Labute approximate surface area is 325 Å². The highest BCUT2D eigenvalue weighted by atomic mass is 35.5. The highest BCUT2D eigenvalue weighted by Gasteiger charge is 2.62. The molecule has 0 aliphatic carbocycles. The summed E-state index contributed by atoms with van der Waals surface area (Å²) in [7, 11) is 0. The number of anilines is 1. The van der Waals surface area contributed by atoms with Gasteiger partial charge < -0.3 is 39.6 Å². The van der Waals surface area contributed by atoms with Crippen LogP contribution in [0.1, 0.15) is 74.9 Å². The summed E-state index contributed by atoms with van der Waals surface area (Å²) < 4.78 is 20.4. The van der Waals surface area contributed by atoms with Crippen LogP contribution in [0.2, 0.25) is 10.3 Å². The third-order valence-corrected chi connectivity index (χ3v) is 12.4. The average Bonchev–Trinajstić information content (AvgIpc) is 3.97. The fraction of sp³-hybridized carbons (Fsp3) is 0.317. The summed E-state index contributed by atoms with van der Waals surface area (Å²) in [4.78, 5) is 41.0. The summed E-state index contributed by atoms with van der Waals surface area (Å²) in [6.07, 6.45) is -0.195. The normalized spacial score (nSPS) is 21.7. The number of para-hydroxylation sites is 1. The maximum atomic E-state index is 14.3. The zero-order valence-corrected chi connectivity index (χ0v) is 31.8. The van der Waals surface area contributed by atoms with Gasteiger partial charge in [0.1, 0.15) is 34.0 Å². The van der Waals surface area contributed by atoms with Crippen LogP contribution in [0.15, 0.2) is 63.4 Å². The number of oxazole rings is 2. The molecule has 10 bridgehead atoms. The molecule has 3 aromatic carbocycles. The van der Waals surface area contributed by atoms with Gasteiger partial charge in [0.05, 0.1) is 5.56 Å². The smallest absolute Gasteiger partial charge is 0.252 e. The molecule has 12 nitrogen and oxygen atoms in total. The Hall–Kier alpha value is -5.30. The molecule has 1 spiro atoms. The molecule has 14 heteroatoms. The van der Waals surface area contributed by atoms with Gasteiger partial charge in [0.2, 0.25) is 11.8 Å². The minimum absolute atomic E-state index is 0.0877. The Morgan fingerprint density at radius 3 is 2.60 bits per heavy atom. The van der Waals surface area contributed by atoms with Gasteiger partial charge in [-0.1, -0.05) is 93.4 Å². The fourth-order valence-electron chi connectivity index (χ4n) is 8.82. The first-order valence-electron chi connectivity index (χ1n) is 18.5. The number of amides is 2. The van der Waals surface area contributed by atoms with Crippen molar-refractivity contribution in [1.29, 1.82) is 0 Å². The number of carbonyl (C=O) groups excluding carboxylic acids is 2. The molecule has 0 saturated carbocycles. The van der Waals surface area contributed by atoms with E-state index in [-0.39, 0.29) is 53.6 Å². The molecule has 2 amide bonds. The molecule has 10 rings (SSSR count). The molecule has 4 atom stereocenters. The molecule has 0 radical (unpaired) electrons. The Kier molecular flexibility index (Phi) is 7.37. The lowest BCUT2D eigenvalue weighted by molar-refractivity contribution is -0.143. The number of hydrogen-bond donors (Lipinski definition) is 5. The van der Waals surface area contributed by atoms with Gasteiger partial charge in [-0.25, -0.2) is 4.98 Å². The molecule has 4 aliphatic rings. The lowest BCUT2D eigenvalue weighted by atomic mass is 9.72. The van der Waals surface area contributed by atoms with Crippen molar-refractivity contribution in [2.75, 3.05) is 5.32 Å². The fourth-order valence-corrected chi connectivity index (χ4v) is 9.31. The monoisotopic (exact) mass is 778 g/mol. The Bertz CT molecular complexity index is 2620. The van der Waals surface area contributed by atoms with Crippen molar-refractivity contribution in [3.8, 4) is 39.8 Å². The number of H-pyrrole nitrogens is 1. The Morgan fingerprint density at radius 2 is 1.82 bits per heavy atom. The number of fused-ring (bicyclic) bond motifs is 7. The predicted octanol–water partition coefficient (Wildman–Crippen LogP) is 7.65. The molecule has 4 aliphatic heterocycles. The van der Waals surface area contributed by atoms with Crippen molar-refractivity contribution in [2.45, 2.75) is 76.3 Å². The highest BCUT2D eigenvalue weighted by Crippen LogP contribution is 2.62. The number of aromatic amines is 1. The number of nitrogens with zero attached hydrogens (tertiary/aromatic N) is 2. The number of nitrogens with one attached hydrogen (secondary N) is 4. The topological polar surface area (TPSA) is 168 Å². The van der Waals surface area contributed by atoms with E-state index in [1.54, 1.807) is 13.8 Å². The first kappa shape index (κ1) is 34.2. The minimum Gasteiger partial charge on any atom is -0.469 e. The second-order valence-corrected chi connectivity index (χ2v) is 15.9. The van der Waals surface area contributed by atoms with E-state index in [1.165, 1.54) is 0 Å². The lowest BCUT2D eigenvalue weighted by Crippen LogP contribution is -2.55. The summed E-state index contributed by atoms with van der Waals surface area (Å²) in [6, 6.07) is 16.0. The number of aliphatic hydroxyl groups is 1. The first-order valence-corrected chi connectivity index (χ1v) is 19.2. The maximum Gasteiger partial charge on any atom is 0.252 e. The van der Waals surface area contributed by atoms with Crippen molar-refractivity contribution in [3.05, 3.63) is 93.2 Å². The van der Waals surface area contributed by atoms with Gasteiger partial charge in [0, 0.05) is 39.7 Å². The van der Waals surface area contributed by atoms with Crippen LogP contribution in [0.5, 0.6) is 5.75 Å². The molecule has 55 heavy (non-hydrogen) atoms. The summed E-state index contributed by atoms with van der Waals surface area (Å²) in [6.45, 7) is 7.37. The lowest BCUT2D eigenvalue weighted by Gasteiger charge is -2.30. The van der Waals surface area contributed by atoms with Crippen LogP contribution in [0.3, 0.4) is 0 Å². The number of aromatic nitrogens is 3. The molecule has 6 aromatic rings. The Morgan fingerprint density at radius 1 is 1.04 bits per heavy atom. The third-order valence-electron chi connectivity index (χ3n) is 11.8. The number of halogens is 2. The van der Waals surface area contributed by atoms with Crippen LogP contribution in [-0.4, -0.2) is 49.7 Å². The van der Waals surface area contributed by atoms with E-state index in [2.05, 4.69) is 27.0 Å².